The lowest BCUT2D eigenvalue weighted by atomic mass is 10.1. The number of nitrogens with two attached hydrogens (primary N) is 1. The van der Waals surface area contributed by atoms with Crippen molar-refractivity contribution in [3.05, 3.63) is 59.8 Å². The molecule has 5 nitrogen and oxygen atoms in total. The second-order valence-corrected chi connectivity index (χ2v) is 4.68. The first-order chi connectivity index (χ1) is 10.7. The minimum absolute atomic E-state index is 0.421. The minimum Gasteiger partial charge on any atom is -0.366 e. The van der Waals surface area contributed by atoms with Gasteiger partial charge in [0.25, 0.3) is 0 Å². The van der Waals surface area contributed by atoms with E-state index < -0.39 is 5.91 Å². The topological polar surface area (TPSA) is 80.9 Å². The van der Waals surface area contributed by atoms with Crippen molar-refractivity contribution < 1.29 is 4.79 Å². The van der Waals surface area contributed by atoms with Crippen LogP contribution in [0.3, 0.4) is 0 Å². The molecule has 0 spiro atoms. The molecular formula is C17H12N4O. The highest BCUT2D eigenvalue weighted by molar-refractivity contribution is 5.93. The maximum atomic E-state index is 11.2. The van der Waals surface area contributed by atoms with Crippen molar-refractivity contribution in [3.63, 3.8) is 0 Å². The molecule has 3 aromatic rings. The Morgan fingerprint density at radius 3 is 2.86 bits per heavy atom. The molecule has 1 heterocycles. The number of carbonyl (C=O) groups is 1. The molecular weight excluding hydrogens is 276 g/mol. The van der Waals surface area contributed by atoms with Gasteiger partial charge in [-0.15, -0.1) is 6.42 Å². The molecule has 0 aliphatic heterocycles. The molecule has 0 saturated carbocycles. The summed E-state index contributed by atoms with van der Waals surface area (Å²) in [5.41, 5.74) is 7.94. The van der Waals surface area contributed by atoms with Crippen LogP contribution >= 0.6 is 0 Å². The number of aromatic nitrogens is 2. The van der Waals surface area contributed by atoms with Crippen molar-refractivity contribution in [1.29, 1.82) is 0 Å². The van der Waals surface area contributed by atoms with Crippen LogP contribution in [0.2, 0.25) is 0 Å². The smallest absolute Gasteiger partial charge is 0.248 e. The Balaban J connectivity index is 1.93. The number of anilines is 2. The van der Waals surface area contributed by atoms with E-state index in [1.165, 1.54) is 0 Å². The molecule has 2 aromatic carbocycles. The van der Waals surface area contributed by atoms with Crippen molar-refractivity contribution in [1.82, 2.24) is 9.97 Å². The van der Waals surface area contributed by atoms with Gasteiger partial charge in [-0.1, -0.05) is 12.0 Å². The summed E-state index contributed by atoms with van der Waals surface area (Å²) in [4.78, 5) is 19.8. The Bertz CT molecular complexity index is 912. The first-order valence-electron chi connectivity index (χ1n) is 6.56. The lowest BCUT2D eigenvalue weighted by Crippen LogP contribution is -2.11. The van der Waals surface area contributed by atoms with Crippen LogP contribution in [0.15, 0.2) is 48.7 Å². The molecule has 0 atom stereocenters. The summed E-state index contributed by atoms with van der Waals surface area (Å²) >= 11 is 0. The van der Waals surface area contributed by atoms with Gasteiger partial charge < -0.3 is 11.1 Å². The molecule has 106 valence electrons. The fourth-order valence-corrected chi connectivity index (χ4v) is 2.06. The number of fused-ring (bicyclic) bond motifs is 1. The number of rotatable bonds is 3. The zero-order valence-electron chi connectivity index (χ0n) is 11.6. The molecule has 3 N–H and O–H groups in total. The maximum Gasteiger partial charge on any atom is 0.248 e. The Labute approximate surface area is 127 Å². The number of nitrogens with one attached hydrogen (secondary N) is 1. The van der Waals surface area contributed by atoms with Gasteiger partial charge in [-0.25, -0.2) is 9.97 Å². The van der Waals surface area contributed by atoms with Crippen LogP contribution in [-0.2, 0) is 0 Å². The molecule has 1 aromatic heterocycles. The van der Waals surface area contributed by atoms with Gasteiger partial charge in [-0.2, -0.15) is 0 Å². The third-order valence-corrected chi connectivity index (χ3v) is 3.15. The predicted octanol–water partition coefficient (Wildman–Crippen LogP) is 2.45. The van der Waals surface area contributed by atoms with E-state index in [1.807, 2.05) is 18.2 Å². The van der Waals surface area contributed by atoms with Crippen LogP contribution in [0.25, 0.3) is 10.9 Å². The normalized spacial score (nSPS) is 10.1. The van der Waals surface area contributed by atoms with Crippen LogP contribution in [0, 0.1) is 12.3 Å². The Kier molecular flexibility index (Phi) is 3.42. The van der Waals surface area contributed by atoms with Crippen molar-refractivity contribution in [2.24, 2.45) is 5.73 Å². The molecule has 1 amide bonds. The lowest BCUT2D eigenvalue weighted by Gasteiger charge is -2.07. The van der Waals surface area contributed by atoms with E-state index in [2.05, 4.69) is 21.2 Å². The average molecular weight is 288 g/mol. The van der Waals surface area contributed by atoms with Gasteiger partial charge in [-0.3, -0.25) is 4.79 Å². The van der Waals surface area contributed by atoms with E-state index in [-0.39, 0.29) is 0 Å². The molecule has 0 saturated heterocycles. The van der Waals surface area contributed by atoms with Gasteiger partial charge in [0.05, 0.1) is 5.52 Å². The average Bonchev–Trinajstić information content (AvgIpc) is 2.54. The van der Waals surface area contributed by atoms with Crippen LogP contribution in [0.4, 0.5) is 11.6 Å². The molecule has 3 rings (SSSR count). The van der Waals surface area contributed by atoms with Gasteiger partial charge >= 0.3 is 0 Å². The highest BCUT2D eigenvalue weighted by atomic mass is 16.1. The third kappa shape index (κ3) is 2.72. The monoisotopic (exact) mass is 288 g/mol. The van der Waals surface area contributed by atoms with E-state index in [4.69, 9.17) is 12.2 Å². The number of amides is 1. The highest BCUT2D eigenvalue weighted by Crippen LogP contribution is 2.18. The van der Waals surface area contributed by atoms with Gasteiger partial charge in [0.15, 0.2) is 0 Å². The minimum atomic E-state index is -0.482. The Hall–Kier alpha value is -3.39. The summed E-state index contributed by atoms with van der Waals surface area (Å²) in [6.07, 6.45) is 7.07. The van der Waals surface area contributed by atoms with E-state index in [0.717, 1.165) is 16.5 Å². The maximum absolute atomic E-state index is 11.2. The first-order valence-corrected chi connectivity index (χ1v) is 6.56. The largest absolute Gasteiger partial charge is 0.366 e. The SMILES string of the molecule is C#Cc1ccc2nc(Nc3cccc(C(N)=O)c3)ncc2c1. The standard InChI is InChI=1S/C17H12N4O/c1-2-11-6-7-15-13(8-11)10-19-17(21-15)20-14-5-3-4-12(9-14)16(18)22/h1,3-10H,(H2,18,22)(H,19,20,21). The Morgan fingerprint density at radius 1 is 1.23 bits per heavy atom. The number of benzene rings is 2. The summed E-state index contributed by atoms with van der Waals surface area (Å²) in [5.74, 6) is 2.53. The van der Waals surface area contributed by atoms with Gasteiger partial charge in [0.1, 0.15) is 0 Å². The summed E-state index contributed by atoms with van der Waals surface area (Å²) < 4.78 is 0. The summed E-state index contributed by atoms with van der Waals surface area (Å²) in [6.45, 7) is 0. The van der Waals surface area contributed by atoms with Crippen molar-refractivity contribution in [2.75, 3.05) is 5.32 Å². The van der Waals surface area contributed by atoms with Crippen LogP contribution in [-0.4, -0.2) is 15.9 Å². The number of hydrogen-bond acceptors (Lipinski definition) is 4. The van der Waals surface area contributed by atoms with Crippen LogP contribution in [0.1, 0.15) is 15.9 Å². The number of terminal acetylenes is 1. The number of primary amides is 1. The number of carbonyl (C=O) groups excluding carboxylic acids is 1. The van der Waals surface area contributed by atoms with Gasteiger partial charge in [-0.05, 0) is 36.4 Å². The first kappa shape index (κ1) is 13.6. The van der Waals surface area contributed by atoms with Gasteiger partial charge in [0.2, 0.25) is 11.9 Å². The van der Waals surface area contributed by atoms with E-state index in [9.17, 15) is 4.79 Å². The molecule has 0 aliphatic carbocycles. The molecule has 0 fully saturated rings. The Morgan fingerprint density at radius 2 is 2.09 bits per heavy atom. The van der Waals surface area contributed by atoms with E-state index in [0.29, 0.717) is 17.2 Å². The quantitative estimate of drug-likeness (QED) is 0.725. The van der Waals surface area contributed by atoms with Crippen molar-refractivity contribution >= 4 is 28.4 Å². The van der Waals surface area contributed by atoms with Crippen molar-refractivity contribution in [3.8, 4) is 12.3 Å². The van der Waals surface area contributed by atoms with Crippen LogP contribution < -0.4 is 11.1 Å². The lowest BCUT2D eigenvalue weighted by molar-refractivity contribution is 0.100. The number of nitrogens with zero attached hydrogens (tertiary/aromatic N) is 2. The molecule has 0 unspecified atom stereocenters. The number of hydrogen-bond donors (Lipinski definition) is 2. The van der Waals surface area contributed by atoms with E-state index in [1.54, 1.807) is 30.5 Å². The molecule has 5 heteroatoms. The summed E-state index contributed by atoms with van der Waals surface area (Å²) in [5, 5.41) is 3.92. The molecule has 22 heavy (non-hydrogen) atoms. The molecule has 0 aliphatic rings. The predicted molar refractivity (Wildman–Crippen MR) is 85.7 cm³/mol. The van der Waals surface area contributed by atoms with E-state index >= 15 is 0 Å². The van der Waals surface area contributed by atoms with Gasteiger partial charge in [0, 0.05) is 28.4 Å². The van der Waals surface area contributed by atoms with Crippen LogP contribution in [0.5, 0.6) is 0 Å². The fraction of sp³-hybridized carbons (Fsp3) is 0. The zero-order chi connectivity index (χ0) is 15.5. The third-order valence-electron chi connectivity index (χ3n) is 3.15. The van der Waals surface area contributed by atoms with Crippen molar-refractivity contribution in [2.45, 2.75) is 0 Å². The highest BCUT2D eigenvalue weighted by Gasteiger charge is 2.04. The summed E-state index contributed by atoms with van der Waals surface area (Å²) in [7, 11) is 0. The second kappa shape index (κ2) is 5.54. The zero-order valence-corrected chi connectivity index (χ0v) is 11.6. The fourth-order valence-electron chi connectivity index (χ4n) is 2.06. The second-order valence-electron chi connectivity index (χ2n) is 4.68. The molecule has 0 radical (unpaired) electrons. The summed E-state index contributed by atoms with van der Waals surface area (Å²) in [6, 6.07) is 12.4. The molecule has 0 bridgehead atoms.